The zero-order valence-electron chi connectivity index (χ0n) is 12.3. The van der Waals surface area contributed by atoms with E-state index in [1.54, 1.807) is 18.2 Å². The van der Waals surface area contributed by atoms with E-state index in [1.807, 2.05) is 0 Å². The van der Waals surface area contributed by atoms with Gasteiger partial charge in [-0.25, -0.2) is 9.78 Å². The van der Waals surface area contributed by atoms with Crippen LogP contribution in [-0.2, 0) is 4.74 Å². The van der Waals surface area contributed by atoms with E-state index in [1.165, 1.54) is 6.42 Å². The highest BCUT2D eigenvalue weighted by Crippen LogP contribution is 2.35. The second-order valence-electron chi connectivity index (χ2n) is 6.12. The fourth-order valence-corrected chi connectivity index (χ4v) is 3.31. The van der Waals surface area contributed by atoms with Crippen LogP contribution in [0.3, 0.4) is 0 Å². The van der Waals surface area contributed by atoms with E-state index in [0.29, 0.717) is 28.1 Å². The van der Waals surface area contributed by atoms with Gasteiger partial charge >= 0.3 is 5.97 Å². The van der Waals surface area contributed by atoms with Gasteiger partial charge in [-0.05, 0) is 58.7 Å². The Hall–Kier alpha value is -0.900. The third kappa shape index (κ3) is 3.81. The highest BCUT2D eigenvalue weighted by molar-refractivity contribution is 9.10. The van der Waals surface area contributed by atoms with Crippen LogP contribution in [0.4, 0.5) is 0 Å². The Balaban J connectivity index is 2.08. The lowest BCUT2D eigenvalue weighted by molar-refractivity contribution is -0.0179. The summed E-state index contributed by atoms with van der Waals surface area (Å²) in [6.07, 6.45) is 3.35. The molecule has 1 aliphatic rings. The SMILES string of the molecule is CC1CCC(C(C)C)C(OC(=O)c2cccc(Br)n2)C1. The predicted molar refractivity (Wildman–Crippen MR) is 82.5 cm³/mol. The number of pyridine rings is 1. The fourth-order valence-electron chi connectivity index (χ4n) is 2.97. The quantitative estimate of drug-likeness (QED) is 0.602. The Morgan fingerprint density at radius 3 is 2.80 bits per heavy atom. The summed E-state index contributed by atoms with van der Waals surface area (Å²) < 4.78 is 6.41. The Kier molecular flexibility index (Phi) is 5.19. The largest absolute Gasteiger partial charge is 0.457 e. The lowest BCUT2D eigenvalue weighted by atomic mass is 9.75. The van der Waals surface area contributed by atoms with E-state index in [4.69, 9.17) is 4.74 Å². The van der Waals surface area contributed by atoms with Crippen LogP contribution < -0.4 is 0 Å². The van der Waals surface area contributed by atoms with Crippen LogP contribution in [0.25, 0.3) is 0 Å². The van der Waals surface area contributed by atoms with Crippen molar-refractivity contribution < 1.29 is 9.53 Å². The van der Waals surface area contributed by atoms with E-state index in [-0.39, 0.29) is 12.1 Å². The molecule has 0 bridgehead atoms. The van der Waals surface area contributed by atoms with Gasteiger partial charge in [0.1, 0.15) is 16.4 Å². The van der Waals surface area contributed by atoms with Gasteiger partial charge < -0.3 is 4.74 Å². The summed E-state index contributed by atoms with van der Waals surface area (Å²) in [4.78, 5) is 16.4. The van der Waals surface area contributed by atoms with Crippen LogP contribution in [0, 0.1) is 17.8 Å². The van der Waals surface area contributed by atoms with Crippen molar-refractivity contribution in [1.29, 1.82) is 0 Å². The molecule has 0 amide bonds. The average molecular weight is 340 g/mol. The Labute approximate surface area is 129 Å². The fraction of sp³-hybridized carbons (Fsp3) is 0.625. The van der Waals surface area contributed by atoms with Crippen molar-refractivity contribution in [3.8, 4) is 0 Å². The number of aromatic nitrogens is 1. The molecule has 4 heteroatoms. The van der Waals surface area contributed by atoms with E-state index in [0.717, 1.165) is 12.8 Å². The molecular weight excluding hydrogens is 318 g/mol. The van der Waals surface area contributed by atoms with Crippen LogP contribution in [-0.4, -0.2) is 17.1 Å². The molecule has 0 spiro atoms. The molecule has 3 nitrogen and oxygen atoms in total. The van der Waals surface area contributed by atoms with Crippen molar-refractivity contribution >= 4 is 21.9 Å². The smallest absolute Gasteiger partial charge is 0.357 e. The third-order valence-electron chi connectivity index (χ3n) is 4.14. The maximum absolute atomic E-state index is 12.2. The van der Waals surface area contributed by atoms with Gasteiger partial charge in [0, 0.05) is 0 Å². The second-order valence-corrected chi connectivity index (χ2v) is 6.93. The molecule has 1 fully saturated rings. The van der Waals surface area contributed by atoms with Crippen LogP contribution in [0.5, 0.6) is 0 Å². The van der Waals surface area contributed by atoms with Crippen molar-refractivity contribution in [3.63, 3.8) is 0 Å². The first-order valence-electron chi connectivity index (χ1n) is 7.31. The Bertz CT molecular complexity index is 475. The summed E-state index contributed by atoms with van der Waals surface area (Å²) in [7, 11) is 0. The number of nitrogens with zero attached hydrogens (tertiary/aromatic N) is 1. The molecule has 2 rings (SSSR count). The molecule has 1 aliphatic carbocycles. The minimum absolute atomic E-state index is 0.0204. The summed E-state index contributed by atoms with van der Waals surface area (Å²) in [5, 5.41) is 0. The van der Waals surface area contributed by atoms with Gasteiger partial charge in [0.25, 0.3) is 0 Å². The normalized spacial score (nSPS) is 26.6. The van der Waals surface area contributed by atoms with Gasteiger partial charge in [0.2, 0.25) is 0 Å². The van der Waals surface area contributed by atoms with E-state index in [9.17, 15) is 4.79 Å². The molecule has 1 saturated carbocycles. The van der Waals surface area contributed by atoms with Crippen LogP contribution in [0.2, 0.25) is 0 Å². The second kappa shape index (κ2) is 6.70. The molecule has 1 aromatic rings. The molecule has 110 valence electrons. The lowest BCUT2D eigenvalue weighted by Crippen LogP contribution is -2.36. The summed E-state index contributed by atoms with van der Waals surface area (Å²) in [5.74, 6) is 1.31. The molecule has 0 saturated heterocycles. The monoisotopic (exact) mass is 339 g/mol. The van der Waals surface area contributed by atoms with Crippen molar-refractivity contribution in [1.82, 2.24) is 4.98 Å². The van der Waals surface area contributed by atoms with Gasteiger partial charge in [0.15, 0.2) is 0 Å². The van der Waals surface area contributed by atoms with Crippen molar-refractivity contribution in [2.75, 3.05) is 0 Å². The average Bonchev–Trinajstić information content (AvgIpc) is 2.38. The number of carbonyl (C=O) groups is 1. The molecule has 20 heavy (non-hydrogen) atoms. The predicted octanol–water partition coefficient (Wildman–Crippen LogP) is 4.46. The molecule has 1 heterocycles. The van der Waals surface area contributed by atoms with Crippen LogP contribution in [0.15, 0.2) is 22.8 Å². The standard InChI is InChI=1S/C16H22BrNO2/c1-10(2)12-8-7-11(3)9-14(12)20-16(19)13-5-4-6-15(17)18-13/h4-6,10-12,14H,7-9H2,1-3H3. The maximum Gasteiger partial charge on any atom is 0.357 e. The first-order valence-corrected chi connectivity index (χ1v) is 8.10. The summed E-state index contributed by atoms with van der Waals surface area (Å²) in [6.45, 7) is 6.65. The van der Waals surface area contributed by atoms with E-state index >= 15 is 0 Å². The number of esters is 1. The zero-order valence-corrected chi connectivity index (χ0v) is 13.9. The Morgan fingerprint density at radius 2 is 2.15 bits per heavy atom. The first kappa shape index (κ1) is 15.5. The molecule has 0 N–H and O–H groups in total. The van der Waals surface area contributed by atoms with Gasteiger partial charge in [-0.15, -0.1) is 0 Å². The molecule has 0 aliphatic heterocycles. The third-order valence-corrected chi connectivity index (χ3v) is 4.59. The number of rotatable bonds is 3. The Morgan fingerprint density at radius 1 is 1.40 bits per heavy atom. The zero-order chi connectivity index (χ0) is 14.7. The van der Waals surface area contributed by atoms with Gasteiger partial charge in [-0.3, -0.25) is 0 Å². The summed E-state index contributed by atoms with van der Waals surface area (Å²) in [5.41, 5.74) is 0.375. The molecule has 3 unspecified atom stereocenters. The van der Waals surface area contributed by atoms with Crippen molar-refractivity contribution in [3.05, 3.63) is 28.5 Å². The van der Waals surface area contributed by atoms with Crippen LogP contribution >= 0.6 is 15.9 Å². The first-order chi connectivity index (χ1) is 9.47. The number of hydrogen-bond donors (Lipinski definition) is 0. The number of hydrogen-bond acceptors (Lipinski definition) is 3. The molecule has 1 aromatic heterocycles. The van der Waals surface area contributed by atoms with E-state index < -0.39 is 0 Å². The molecule has 3 atom stereocenters. The highest BCUT2D eigenvalue weighted by atomic mass is 79.9. The van der Waals surface area contributed by atoms with Crippen LogP contribution in [0.1, 0.15) is 50.5 Å². The lowest BCUT2D eigenvalue weighted by Gasteiger charge is -2.36. The van der Waals surface area contributed by atoms with E-state index in [2.05, 4.69) is 41.7 Å². The molecule has 0 aromatic carbocycles. The summed E-state index contributed by atoms with van der Waals surface area (Å²) in [6, 6.07) is 5.30. The summed E-state index contributed by atoms with van der Waals surface area (Å²) >= 11 is 3.28. The maximum atomic E-state index is 12.2. The topological polar surface area (TPSA) is 39.2 Å². The minimum atomic E-state index is -0.309. The van der Waals surface area contributed by atoms with Gasteiger partial charge in [0.05, 0.1) is 0 Å². The molecule has 0 radical (unpaired) electrons. The van der Waals surface area contributed by atoms with Gasteiger partial charge in [-0.1, -0.05) is 33.3 Å². The number of carbonyl (C=O) groups excluding carboxylic acids is 1. The van der Waals surface area contributed by atoms with Crippen molar-refractivity contribution in [2.45, 2.75) is 46.1 Å². The highest BCUT2D eigenvalue weighted by Gasteiger charge is 2.33. The van der Waals surface area contributed by atoms with Crippen molar-refractivity contribution in [2.24, 2.45) is 17.8 Å². The minimum Gasteiger partial charge on any atom is -0.457 e. The van der Waals surface area contributed by atoms with Gasteiger partial charge in [-0.2, -0.15) is 0 Å². The number of ether oxygens (including phenoxy) is 1. The molecular formula is C16H22BrNO2. The number of halogens is 1.